The van der Waals surface area contributed by atoms with Gasteiger partial charge in [-0.25, -0.2) is 26.4 Å². The first kappa shape index (κ1) is 25.0. The van der Waals surface area contributed by atoms with Crippen molar-refractivity contribution < 1.29 is 21.2 Å². The van der Waals surface area contributed by atoms with Gasteiger partial charge in [0.05, 0.1) is 15.5 Å². The summed E-state index contributed by atoms with van der Waals surface area (Å²) in [7, 11) is -7.66. The molecule has 1 atom stereocenters. The second-order valence-electron chi connectivity index (χ2n) is 8.13. The fourth-order valence-electron chi connectivity index (χ4n) is 3.90. The van der Waals surface area contributed by atoms with E-state index in [9.17, 15) is 21.2 Å². The highest BCUT2D eigenvalue weighted by Gasteiger charge is 2.34. The van der Waals surface area contributed by atoms with E-state index in [1.54, 1.807) is 12.1 Å². The fourth-order valence-corrected chi connectivity index (χ4v) is 6.37. The minimum absolute atomic E-state index is 0.0190. The van der Waals surface area contributed by atoms with Crippen molar-refractivity contribution in [1.29, 1.82) is 0 Å². The number of nitrogens with one attached hydrogen (secondary N) is 2. The van der Waals surface area contributed by atoms with Crippen LogP contribution in [0.4, 0.5) is 21.5 Å². The zero-order valence-electron chi connectivity index (χ0n) is 18.6. The topological polar surface area (TPSA) is 122 Å². The van der Waals surface area contributed by atoms with Gasteiger partial charge < -0.3 is 10.6 Å². The summed E-state index contributed by atoms with van der Waals surface area (Å²) in [4.78, 5) is 0.0824. The van der Waals surface area contributed by atoms with Crippen molar-refractivity contribution >= 4 is 54.4 Å². The molecule has 1 aliphatic heterocycles. The number of sulfonamides is 2. The van der Waals surface area contributed by atoms with Crippen LogP contribution in [0.2, 0.25) is 0 Å². The maximum atomic E-state index is 13.7. The summed E-state index contributed by atoms with van der Waals surface area (Å²) in [6.45, 7) is 1.83. The number of rotatable bonds is 5. The molecular weight excluding hydrogens is 511 g/mol. The quantitative estimate of drug-likeness (QED) is 0.426. The number of benzene rings is 3. The van der Waals surface area contributed by atoms with Gasteiger partial charge in [-0.05, 0) is 104 Å². The number of nitrogens with zero attached hydrogens (tertiary/aromatic N) is 1. The monoisotopic (exact) mass is 534 g/mol. The molecule has 0 aliphatic carbocycles. The molecule has 8 nitrogen and oxygen atoms in total. The molecule has 4 rings (SSSR count). The maximum Gasteiger partial charge on any atom is 0.264 e. The van der Waals surface area contributed by atoms with Crippen molar-refractivity contribution in [2.24, 2.45) is 5.14 Å². The van der Waals surface area contributed by atoms with E-state index in [1.807, 2.05) is 6.92 Å². The van der Waals surface area contributed by atoms with Gasteiger partial charge in [-0.2, -0.15) is 0 Å². The summed E-state index contributed by atoms with van der Waals surface area (Å²) in [6, 6.07) is 15.8. The Morgan fingerprint density at radius 2 is 1.49 bits per heavy atom. The van der Waals surface area contributed by atoms with Gasteiger partial charge in [0.1, 0.15) is 5.82 Å². The Hall–Kier alpha value is -3.06. The lowest BCUT2D eigenvalue weighted by Crippen LogP contribution is -2.42. The maximum absolute atomic E-state index is 13.7. The van der Waals surface area contributed by atoms with E-state index in [0.717, 1.165) is 0 Å². The van der Waals surface area contributed by atoms with Crippen molar-refractivity contribution in [3.05, 3.63) is 78.1 Å². The highest BCUT2D eigenvalue weighted by Crippen LogP contribution is 2.36. The van der Waals surface area contributed by atoms with E-state index in [4.69, 9.17) is 17.4 Å². The van der Waals surface area contributed by atoms with Crippen LogP contribution in [0.25, 0.3) is 0 Å². The molecule has 4 N–H and O–H groups in total. The molecule has 3 aromatic rings. The number of primary sulfonamides is 1. The lowest BCUT2D eigenvalue weighted by Gasteiger charge is -2.36. The van der Waals surface area contributed by atoms with Crippen LogP contribution in [0, 0.1) is 5.82 Å². The predicted molar refractivity (Wildman–Crippen MR) is 138 cm³/mol. The standard InChI is InChI=1S/C23H23FN4O4S3/c1-15-2-3-16-14-17(24)4-13-22(16)28(15)35(31,32)21-11-7-19(8-12-21)27-23(33)26-18-5-9-20(10-6-18)34(25,29)30/h4-15H,2-3H2,1H3,(H2,25,29,30)(H2,26,27,33)/t15-/m1/s1. The van der Waals surface area contributed by atoms with Crippen molar-refractivity contribution in [2.45, 2.75) is 35.6 Å². The summed E-state index contributed by atoms with van der Waals surface area (Å²) >= 11 is 5.28. The summed E-state index contributed by atoms with van der Waals surface area (Å²) in [5.74, 6) is -0.393. The Kier molecular flexibility index (Phi) is 6.82. The molecule has 0 saturated carbocycles. The largest absolute Gasteiger partial charge is 0.332 e. The molecule has 0 saturated heterocycles. The van der Waals surface area contributed by atoms with E-state index in [1.165, 1.54) is 58.9 Å². The molecule has 1 heterocycles. The van der Waals surface area contributed by atoms with Crippen LogP contribution in [0.3, 0.4) is 0 Å². The summed E-state index contributed by atoms with van der Waals surface area (Å²) in [5, 5.41) is 11.2. The third-order valence-electron chi connectivity index (χ3n) is 5.62. The second kappa shape index (κ2) is 9.53. The molecule has 0 radical (unpaired) electrons. The minimum atomic E-state index is -3.87. The molecule has 12 heteroatoms. The van der Waals surface area contributed by atoms with Gasteiger partial charge in [0.25, 0.3) is 10.0 Å². The molecule has 0 aromatic heterocycles. The predicted octanol–water partition coefficient (Wildman–Crippen LogP) is 3.81. The highest BCUT2D eigenvalue weighted by atomic mass is 32.2. The number of fused-ring (bicyclic) bond motifs is 1. The summed E-state index contributed by atoms with van der Waals surface area (Å²) in [5.41, 5.74) is 2.25. The van der Waals surface area contributed by atoms with E-state index >= 15 is 0 Å². The van der Waals surface area contributed by atoms with Gasteiger partial charge in [0.2, 0.25) is 10.0 Å². The number of halogens is 1. The zero-order valence-corrected chi connectivity index (χ0v) is 21.1. The Bertz CT molecular complexity index is 1480. The average molecular weight is 535 g/mol. The first-order valence-corrected chi connectivity index (χ1v) is 14.0. The zero-order chi connectivity index (χ0) is 25.4. The molecule has 0 fully saturated rings. The molecule has 0 amide bonds. The highest BCUT2D eigenvalue weighted by molar-refractivity contribution is 7.92. The molecule has 0 unspecified atom stereocenters. The molecule has 184 valence electrons. The lowest BCUT2D eigenvalue weighted by atomic mass is 9.99. The number of anilines is 3. The number of aryl methyl sites for hydroxylation is 1. The van der Waals surface area contributed by atoms with E-state index < -0.39 is 25.9 Å². The van der Waals surface area contributed by atoms with Gasteiger partial charge in [-0.15, -0.1) is 0 Å². The third kappa shape index (κ3) is 5.45. The van der Waals surface area contributed by atoms with E-state index in [-0.39, 0.29) is 20.9 Å². The molecule has 35 heavy (non-hydrogen) atoms. The summed E-state index contributed by atoms with van der Waals surface area (Å²) < 4.78 is 64.6. The molecule has 0 spiro atoms. The molecular formula is C23H23FN4O4S3. The van der Waals surface area contributed by atoms with Crippen molar-refractivity contribution in [2.75, 3.05) is 14.9 Å². The lowest BCUT2D eigenvalue weighted by molar-refractivity contribution is 0.560. The summed E-state index contributed by atoms with van der Waals surface area (Å²) in [6.07, 6.45) is 1.20. The van der Waals surface area contributed by atoms with Gasteiger partial charge in [-0.3, -0.25) is 4.31 Å². The number of thiocarbonyl (C=S) groups is 1. The van der Waals surface area contributed by atoms with Gasteiger partial charge >= 0.3 is 0 Å². The van der Waals surface area contributed by atoms with E-state index in [0.29, 0.717) is 35.5 Å². The average Bonchev–Trinajstić information content (AvgIpc) is 2.79. The number of hydrogen-bond acceptors (Lipinski definition) is 5. The van der Waals surface area contributed by atoms with Crippen LogP contribution in [-0.4, -0.2) is 28.0 Å². The van der Waals surface area contributed by atoms with Crippen LogP contribution >= 0.6 is 12.2 Å². The van der Waals surface area contributed by atoms with Crippen molar-refractivity contribution in [3.63, 3.8) is 0 Å². The van der Waals surface area contributed by atoms with Gasteiger partial charge in [-0.1, -0.05) is 0 Å². The van der Waals surface area contributed by atoms with Crippen LogP contribution in [-0.2, 0) is 26.5 Å². The fraction of sp³-hybridized carbons (Fsp3) is 0.174. The Labute approximate surface area is 209 Å². The van der Waals surface area contributed by atoms with Crippen LogP contribution in [0.15, 0.2) is 76.5 Å². The minimum Gasteiger partial charge on any atom is -0.332 e. The third-order valence-corrected chi connectivity index (χ3v) is 8.70. The molecule has 0 bridgehead atoms. The Morgan fingerprint density at radius 3 is 2.03 bits per heavy atom. The van der Waals surface area contributed by atoms with E-state index in [2.05, 4.69) is 10.6 Å². The number of hydrogen-bond donors (Lipinski definition) is 3. The van der Waals surface area contributed by atoms with Crippen LogP contribution in [0.1, 0.15) is 18.9 Å². The first-order valence-electron chi connectivity index (χ1n) is 10.6. The van der Waals surface area contributed by atoms with Gasteiger partial charge in [0.15, 0.2) is 5.11 Å². The van der Waals surface area contributed by atoms with Gasteiger partial charge in [0, 0.05) is 17.4 Å². The Balaban J connectivity index is 1.48. The SMILES string of the molecule is C[C@@H]1CCc2cc(F)ccc2N1S(=O)(=O)c1ccc(NC(=S)Nc2ccc(S(N)(=O)=O)cc2)cc1. The van der Waals surface area contributed by atoms with Crippen molar-refractivity contribution in [1.82, 2.24) is 0 Å². The Morgan fingerprint density at radius 1 is 0.943 bits per heavy atom. The molecule has 3 aromatic carbocycles. The van der Waals surface area contributed by atoms with Crippen LogP contribution < -0.4 is 20.1 Å². The van der Waals surface area contributed by atoms with Crippen LogP contribution in [0.5, 0.6) is 0 Å². The smallest absolute Gasteiger partial charge is 0.264 e. The normalized spacial score (nSPS) is 15.9. The van der Waals surface area contributed by atoms with Crippen molar-refractivity contribution in [3.8, 4) is 0 Å². The number of nitrogens with two attached hydrogens (primary N) is 1. The first-order chi connectivity index (χ1) is 16.4. The second-order valence-corrected chi connectivity index (χ2v) is 11.9. The molecule has 1 aliphatic rings.